The number of carbonyl (C=O) groups excluding carboxylic acids is 1. The summed E-state index contributed by atoms with van der Waals surface area (Å²) in [6.45, 7) is 3.01. The van der Waals surface area contributed by atoms with Gasteiger partial charge in [0.15, 0.2) is 0 Å². The van der Waals surface area contributed by atoms with E-state index in [1.807, 2.05) is 97.9 Å². The lowest BCUT2D eigenvalue weighted by Gasteiger charge is -2.12. The molecule has 5 rings (SSSR count). The Bertz CT molecular complexity index is 1510. The first-order valence-electron chi connectivity index (χ1n) is 12.3. The van der Waals surface area contributed by atoms with E-state index < -0.39 is 0 Å². The molecule has 0 saturated carbocycles. The Morgan fingerprint density at radius 1 is 0.842 bits per heavy atom. The van der Waals surface area contributed by atoms with Crippen molar-refractivity contribution < 1.29 is 9.53 Å². The maximum Gasteiger partial charge on any atom is 0.255 e. The van der Waals surface area contributed by atoms with Gasteiger partial charge in [-0.15, -0.1) is 0 Å². The van der Waals surface area contributed by atoms with E-state index in [1.54, 1.807) is 18.6 Å². The van der Waals surface area contributed by atoms with Gasteiger partial charge in [-0.3, -0.25) is 9.78 Å². The maximum absolute atomic E-state index is 12.9. The van der Waals surface area contributed by atoms with Crippen molar-refractivity contribution in [3.8, 4) is 11.3 Å². The van der Waals surface area contributed by atoms with E-state index in [0.29, 0.717) is 30.4 Å². The molecule has 1 amide bonds. The molecular weight excluding hydrogens is 474 g/mol. The molecule has 0 aliphatic carbocycles. The van der Waals surface area contributed by atoms with E-state index in [2.05, 4.69) is 25.6 Å². The highest BCUT2D eigenvalue weighted by molar-refractivity contribution is 6.04. The number of aromatic nitrogens is 3. The van der Waals surface area contributed by atoms with Crippen molar-refractivity contribution in [2.75, 3.05) is 10.6 Å². The van der Waals surface area contributed by atoms with Gasteiger partial charge >= 0.3 is 0 Å². The van der Waals surface area contributed by atoms with Crippen molar-refractivity contribution >= 4 is 23.2 Å². The fourth-order valence-corrected chi connectivity index (χ4v) is 3.87. The lowest BCUT2D eigenvalue weighted by molar-refractivity contribution is 0.102. The van der Waals surface area contributed by atoms with Crippen LogP contribution in [0.5, 0.6) is 0 Å². The molecule has 0 atom stereocenters. The minimum Gasteiger partial charge on any atom is -0.372 e. The molecule has 0 saturated heterocycles. The fourth-order valence-electron chi connectivity index (χ4n) is 3.87. The highest BCUT2D eigenvalue weighted by Gasteiger charge is 2.10. The molecule has 0 spiro atoms. The number of hydrogen-bond acceptors (Lipinski definition) is 6. The van der Waals surface area contributed by atoms with Crippen LogP contribution in [0.15, 0.2) is 110 Å². The number of aryl methyl sites for hydroxylation is 1. The minimum atomic E-state index is -0.189. The first-order valence-corrected chi connectivity index (χ1v) is 12.3. The van der Waals surface area contributed by atoms with Gasteiger partial charge < -0.3 is 15.4 Å². The summed E-state index contributed by atoms with van der Waals surface area (Å²) in [4.78, 5) is 26.0. The SMILES string of the molecule is Cc1ccc(NC(=O)c2ccc(COCc3ccccc3)cc2)cc1Nc1nccc(-c2cccnc2)n1. The van der Waals surface area contributed by atoms with Crippen LogP contribution < -0.4 is 10.6 Å². The van der Waals surface area contributed by atoms with Gasteiger partial charge in [-0.05, 0) is 66.1 Å². The second kappa shape index (κ2) is 11.9. The normalized spacial score (nSPS) is 10.7. The molecule has 0 fully saturated rings. The predicted molar refractivity (Wildman–Crippen MR) is 149 cm³/mol. The summed E-state index contributed by atoms with van der Waals surface area (Å²) in [5, 5.41) is 6.24. The van der Waals surface area contributed by atoms with E-state index in [4.69, 9.17) is 4.74 Å². The standard InChI is InChI=1S/C31H27N5O2/c1-22-9-14-27(18-29(22)36-31-33-17-15-28(35-31)26-8-5-16-32-19-26)34-30(37)25-12-10-24(11-13-25)21-38-20-23-6-3-2-4-7-23/h2-19H,20-21H2,1H3,(H,34,37)(H,33,35,36). The van der Waals surface area contributed by atoms with E-state index >= 15 is 0 Å². The number of anilines is 3. The van der Waals surface area contributed by atoms with Crippen molar-refractivity contribution in [1.29, 1.82) is 0 Å². The molecule has 7 nitrogen and oxygen atoms in total. The molecule has 2 heterocycles. The number of benzene rings is 3. The van der Waals surface area contributed by atoms with Gasteiger partial charge in [0.25, 0.3) is 5.91 Å². The molecule has 0 aliphatic rings. The molecular formula is C31H27N5O2. The molecule has 3 aromatic carbocycles. The Hall–Kier alpha value is -4.88. The largest absolute Gasteiger partial charge is 0.372 e. The summed E-state index contributed by atoms with van der Waals surface area (Å²) < 4.78 is 5.79. The molecule has 0 aliphatic heterocycles. The van der Waals surface area contributed by atoms with Crippen molar-refractivity contribution in [3.63, 3.8) is 0 Å². The highest BCUT2D eigenvalue weighted by atomic mass is 16.5. The lowest BCUT2D eigenvalue weighted by atomic mass is 10.1. The van der Waals surface area contributed by atoms with Crippen molar-refractivity contribution in [1.82, 2.24) is 15.0 Å². The van der Waals surface area contributed by atoms with Crippen molar-refractivity contribution in [3.05, 3.63) is 132 Å². The van der Waals surface area contributed by atoms with Crippen LogP contribution in [-0.4, -0.2) is 20.9 Å². The molecule has 5 aromatic rings. The fraction of sp³-hybridized carbons (Fsp3) is 0.0968. The third-order valence-electron chi connectivity index (χ3n) is 5.95. The van der Waals surface area contributed by atoms with Crippen LogP contribution in [0.25, 0.3) is 11.3 Å². The summed E-state index contributed by atoms with van der Waals surface area (Å²) in [5.74, 6) is 0.273. The van der Waals surface area contributed by atoms with Crippen LogP contribution in [0, 0.1) is 6.92 Å². The van der Waals surface area contributed by atoms with Crippen LogP contribution in [0.1, 0.15) is 27.0 Å². The Balaban J connectivity index is 1.21. The van der Waals surface area contributed by atoms with Crippen LogP contribution in [0.3, 0.4) is 0 Å². The average molecular weight is 502 g/mol. The van der Waals surface area contributed by atoms with Gasteiger partial charge in [0, 0.05) is 41.1 Å². The zero-order valence-corrected chi connectivity index (χ0v) is 21.0. The van der Waals surface area contributed by atoms with Gasteiger partial charge in [-0.1, -0.05) is 48.5 Å². The van der Waals surface area contributed by atoms with E-state index in [-0.39, 0.29) is 5.91 Å². The highest BCUT2D eigenvalue weighted by Crippen LogP contribution is 2.24. The third kappa shape index (κ3) is 6.46. The van der Waals surface area contributed by atoms with Crippen molar-refractivity contribution in [2.45, 2.75) is 20.1 Å². The molecule has 0 unspecified atom stereocenters. The number of nitrogens with zero attached hydrogens (tertiary/aromatic N) is 3. The number of rotatable bonds is 9. The number of nitrogens with one attached hydrogen (secondary N) is 2. The first kappa shape index (κ1) is 24.8. The van der Waals surface area contributed by atoms with Crippen LogP contribution in [0.2, 0.25) is 0 Å². The zero-order valence-electron chi connectivity index (χ0n) is 21.0. The Kier molecular flexibility index (Phi) is 7.77. The third-order valence-corrected chi connectivity index (χ3v) is 5.95. The summed E-state index contributed by atoms with van der Waals surface area (Å²) >= 11 is 0. The molecule has 188 valence electrons. The summed E-state index contributed by atoms with van der Waals surface area (Å²) in [6.07, 6.45) is 5.19. The van der Waals surface area contributed by atoms with Gasteiger partial charge in [0.05, 0.1) is 18.9 Å². The number of ether oxygens (including phenoxy) is 1. The van der Waals surface area contributed by atoms with Crippen LogP contribution in [0.4, 0.5) is 17.3 Å². The minimum absolute atomic E-state index is 0.189. The monoisotopic (exact) mass is 501 g/mol. The van der Waals surface area contributed by atoms with E-state index in [9.17, 15) is 4.79 Å². The lowest BCUT2D eigenvalue weighted by Crippen LogP contribution is -2.12. The topological polar surface area (TPSA) is 89.0 Å². The van der Waals surface area contributed by atoms with Gasteiger partial charge in [-0.2, -0.15) is 0 Å². The quantitative estimate of drug-likeness (QED) is 0.238. The van der Waals surface area contributed by atoms with Crippen molar-refractivity contribution in [2.24, 2.45) is 0 Å². The molecule has 2 N–H and O–H groups in total. The summed E-state index contributed by atoms with van der Waals surface area (Å²) in [6, 6.07) is 28.8. The van der Waals surface area contributed by atoms with E-state index in [1.165, 1.54) is 0 Å². The smallest absolute Gasteiger partial charge is 0.255 e. The second-order valence-corrected chi connectivity index (χ2v) is 8.79. The van der Waals surface area contributed by atoms with Gasteiger partial charge in [-0.25, -0.2) is 9.97 Å². The van der Waals surface area contributed by atoms with Gasteiger partial charge in [0.1, 0.15) is 0 Å². The van der Waals surface area contributed by atoms with Gasteiger partial charge in [0.2, 0.25) is 5.95 Å². The molecule has 0 bridgehead atoms. The number of pyridine rings is 1. The summed E-state index contributed by atoms with van der Waals surface area (Å²) in [7, 11) is 0. The van der Waals surface area contributed by atoms with Crippen LogP contribution in [-0.2, 0) is 18.0 Å². The van der Waals surface area contributed by atoms with E-state index in [0.717, 1.165) is 33.6 Å². The average Bonchev–Trinajstić information content (AvgIpc) is 2.96. The Labute approximate surface area is 221 Å². The summed E-state index contributed by atoms with van der Waals surface area (Å²) in [5.41, 5.74) is 6.85. The predicted octanol–water partition coefficient (Wildman–Crippen LogP) is 6.56. The van der Waals surface area contributed by atoms with Crippen LogP contribution >= 0.6 is 0 Å². The zero-order chi connectivity index (χ0) is 26.2. The Morgan fingerprint density at radius 2 is 1.63 bits per heavy atom. The number of amides is 1. The molecule has 0 radical (unpaired) electrons. The molecule has 38 heavy (non-hydrogen) atoms. The Morgan fingerprint density at radius 3 is 2.39 bits per heavy atom. The molecule has 2 aromatic heterocycles. The second-order valence-electron chi connectivity index (χ2n) is 8.79. The number of carbonyl (C=O) groups is 1. The number of hydrogen-bond donors (Lipinski definition) is 2. The maximum atomic E-state index is 12.9. The molecule has 7 heteroatoms. The first-order chi connectivity index (χ1) is 18.6.